The second-order valence-corrected chi connectivity index (χ2v) is 9.92. The number of piperazine rings is 1. The summed E-state index contributed by atoms with van der Waals surface area (Å²) in [6.07, 6.45) is 5.24. The molecule has 1 aliphatic heterocycles. The van der Waals surface area contributed by atoms with Gasteiger partial charge in [-0.1, -0.05) is 52.4 Å². The molecule has 5 rings (SSSR count). The Morgan fingerprint density at radius 2 is 1.59 bits per heavy atom. The number of carbonyl (C=O) groups is 1. The van der Waals surface area contributed by atoms with Crippen molar-refractivity contribution in [1.29, 1.82) is 0 Å². The molecule has 3 aromatic rings. The molecule has 1 saturated heterocycles. The Hall–Kier alpha value is -4.03. The van der Waals surface area contributed by atoms with Crippen molar-refractivity contribution in [1.82, 2.24) is 4.90 Å². The van der Waals surface area contributed by atoms with Crippen molar-refractivity contribution in [3.05, 3.63) is 83.4 Å². The van der Waals surface area contributed by atoms with Crippen LogP contribution in [0.5, 0.6) is 5.75 Å². The third-order valence-corrected chi connectivity index (χ3v) is 7.08. The highest BCUT2D eigenvalue weighted by atomic mass is 32.3. The summed E-state index contributed by atoms with van der Waals surface area (Å²) in [5.41, 5.74) is 5.91. The van der Waals surface area contributed by atoms with E-state index in [0.717, 1.165) is 11.1 Å². The van der Waals surface area contributed by atoms with Gasteiger partial charge in [0.2, 0.25) is 0 Å². The van der Waals surface area contributed by atoms with E-state index in [1.165, 1.54) is 23.3 Å². The fourth-order valence-electron chi connectivity index (χ4n) is 5.04. The van der Waals surface area contributed by atoms with Crippen LogP contribution in [0.4, 0.5) is 14.4 Å². The van der Waals surface area contributed by atoms with Gasteiger partial charge < -0.3 is 18.7 Å². The fourth-order valence-corrected chi connectivity index (χ4v) is 5.37. The second-order valence-electron chi connectivity index (χ2n) is 8.97. The molecule has 1 aliphatic carbocycles. The standard InChI is InChI=1S/C28H25FN2O5S/c1-2-7-20-16-21(18-22(17-20)36-37(29,33)34)30-12-14-31(15-13-30)28(32)35-19-27-25-10-5-3-8-23(25)24-9-4-6-11-26(24)27/h1,3-6,8-11,16-18,27H,7,12-15,19H2. The van der Waals surface area contributed by atoms with Gasteiger partial charge in [0.15, 0.2) is 0 Å². The molecule has 37 heavy (non-hydrogen) atoms. The molecule has 0 N–H and O–H groups in total. The van der Waals surface area contributed by atoms with Gasteiger partial charge in [0.25, 0.3) is 0 Å². The molecule has 0 atom stereocenters. The summed E-state index contributed by atoms with van der Waals surface area (Å²) in [7, 11) is -5.17. The van der Waals surface area contributed by atoms with E-state index in [-0.39, 0.29) is 30.8 Å². The van der Waals surface area contributed by atoms with Gasteiger partial charge in [-0.25, -0.2) is 4.79 Å². The van der Waals surface area contributed by atoms with Crippen LogP contribution in [0.25, 0.3) is 11.1 Å². The first-order chi connectivity index (χ1) is 17.8. The van der Waals surface area contributed by atoms with Crippen molar-refractivity contribution < 1.29 is 26.0 Å². The summed E-state index contributed by atoms with van der Waals surface area (Å²) in [5, 5.41) is 0. The van der Waals surface area contributed by atoms with E-state index in [9.17, 15) is 17.1 Å². The number of halogens is 1. The molecule has 1 amide bonds. The molecule has 3 aromatic carbocycles. The Bertz CT molecular complexity index is 1430. The van der Waals surface area contributed by atoms with E-state index in [1.54, 1.807) is 11.0 Å². The van der Waals surface area contributed by atoms with Crippen LogP contribution in [0.15, 0.2) is 66.7 Å². The topological polar surface area (TPSA) is 76.2 Å². The number of benzene rings is 3. The largest absolute Gasteiger partial charge is 0.488 e. The minimum atomic E-state index is -5.17. The summed E-state index contributed by atoms with van der Waals surface area (Å²) >= 11 is 0. The Labute approximate surface area is 215 Å². The molecular weight excluding hydrogens is 495 g/mol. The molecule has 190 valence electrons. The van der Waals surface area contributed by atoms with E-state index >= 15 is 0 Å². The number of amides is 1. The quantitative estimate of drug-likeness (QED) is 0.351. The minimum absolute atomic E-state index is 0.0123. The lowest BCUT2D eigenvalue weighted by Gasteiger charge is -2.36. The molecule has 0 bridgehead atoms. The number of terminal acetylenes is 1. The number of carbonyl (C=O) groups excluding carboxylic acids is 1. The molecule has 7 nitrogen and oxygen atoms in total. The lowest BCUT2D eigenvalue weighted by atomic mass is 9.98. The van der Waals surface area contributed by atoms with Gasteiger partial charge in [0, 0.05) is 50.3 Å². The van der Waals surface area contributed by atoms with Crippen molar-refractivity contribution in [3.8, 4) is 29.2 Å². The lowest BCUT2D eigenvalue weighted by molar-refractivity contribution is 0.0976. The van der Waals surface area contributed by atoms with Crippen molar-refractivity contribution in [2.45, 2.75) is 12.3 Å². The number of hydrogen-bond donors (Lipinski definition) is 0. The van der Waals surface area contributed by atoms with Crippen molar-refractivity contribution in [2.24, 2.45) is 0 Å². The molecule has 0 saturated carbocycles. The molecule has 1 heterocycles. The highest BCUT2D eigenvalue weighted by Crippen LogP contribution is 2.44. The van der Waals surface area contributed by atoms with Gasteiger partial charge in [-0.15, -0.1) is 12.3 Å². The Kier molecular flexibility index (Phi) is 6.76. The van der Waals surface area contributed by atoms with E-state index in [2.05, 4.69) is 34.4 Å². The van der Waals surface area contributed by atoms with E-state index in [1.807, 2.05) is 29.2 Å². The zero-order valence-corrected chi connectivity index (χ0v) is 20.8. The molecule has 1 fully saturated rings. The van der Waals surface area contributed by atoms with Crippen LogP contribution in [0, 0.1) is 12.3 Å². The third kappa shape index (κ3) is 5.39. The highest BCUT2D eigenvalue weighted by Gasteiger charge is 2.30. The average molecular weight is 521 g/mol. The maximum absolute atomic E-state index is 13.1. The molecular formula is C28H25FN2O5S. The normalized spacial score (nSPS) is 15.0. The summed E-state index contributed by atoms with van der Waals surface area (Å²) < 4.78 is 45.2. The van der Waals surface area contributed by atoms with Gasteiger partial charge in [-0.3, -0.25) is 0 Å². The van der Waals surface area contributed by atoms with Crippen LogP contribution in [0.3, 0.4) is 0 Å². The number of ether oxygens (including phenoxy) is 1. The summed E-state index contributed by atoms with van der Waals surface area (Å²) in [5.74, 6) is 2.33. The summed E-state index contributed by atoms with van der Waals surface area (Å²) in [6.45, 7) is 2.03. The van der Waals surface area contributed by atoms with Crippen LogP contribution < -0.4 is 9.08 Å². The monoisotopic (exact) mass is 520 g/mol. The number of hydrogen-bond acceptors (Lipinski definition) is 6. The van der Waals surface area contributed by atoms with Crippen LogP contribution in [0.2, 0.25) is 0 Å². The average Bonchev–Trinajstić information content (AvgIpc) is 3.20. The van der Waals surface area contributed by atoms with Gasteiger partial charge in [-0.2, -0.15) is 8.42 Å². The Morgan fingerprint density at radius 3 is 2.19 bits per heavy atom. The zero-order chi connectivity index (χ0) is 26.0. The SMILES string of the molecule is C#CCc1cc(OS(=O)(=O)F)cc(N2CCN(C(=O)OCC3c4ccccc4-c4ccccc43)CC2)c1. The van der Waals surface area contributed by atoms with Gasteiger partial charge in [0.05, 0.1) is 0 Å². The van der Waals surface area contributed by atoms with Crippen molar-refractivity contribution in [3.63, 3.8) is 0 Å². The predicted molar refractivity (Wildman–Crippen MR) is 138 cm³/mol. The van der Waals surface area contributed by atoms with Crippen molar-refractivity contribution in [2.75, 3.05) is 37.7 Å². The van der Waals surface area contributed by atoms with E-state index in [4.69, 9.17) is 11.2 Å². The first-order valence-corrected chi connectivity index (χ1v) is 13.2. The molecule has 0 aromatic heterocycles. The molecule has 0 spiro atoms. The Morgan fingerprint density at radius 1 is 0.973 bits per heavy atom. The molecule has 0 unspecified atom stereocenters. The number of rotatable bonds is 6. The second kappa shape index (κ2) is 10.1. The van der Waals surface area contributed by atoms with Gasteiger partial charge in [-0.05, 0) is 39.9 Å². The number of fused-ring (bicyclic) bond motifs is 3. The maximum Gasteiger partial charge on any atom is 0.488 e. The smallest absolute Gasteiger partial charge is 0.448 e. The van der Waals surface area contributed by atoms with Crippen LogP contribution >= 0.6 is 0 Å². The third-order valence-electron chi connectivity index (χ3n) is 6.69. The van der Waals surface area contributed by atoms with Crippen molar-refractivity contribution >= 4 is 22.3 Å². The first-order valence-electron chi connectivity index (χ1n) is 11.9. The van der Waals surface area contributed by atoms with Gasteiger partial charge in [0.1, 0.15) is 12.4 Å². The molecule has 0 radical (unpaired) electrons. The fraction of sp³-hybridized carbons (Fsp3) is 0.250. The Balaban J connectivity index is 1.23. The number of anilines is 1. The molecule has 9 heteroatoms. The highest BCUT2D eigenvalue weighted by molar-refractivity contribution is 7.81. The predicted octanol–water partition coefficient (Wildman–Crippen LogP) is 4.53. The molecule has 2 aliphatic rings. The minimum Gasteiger partial charge on any atom is -0.448 e. The first kappa shape index (κ1) is 24.7. The van der Waals surface area contributed by atoms with E-state index < -0.39 is 10.5 Å². The van der Waals surface area contributed by atoms with Crippen LogP contribution in [0.1, 0.15) is 22.6 Å². The van der Waals surface area contributed by atoms with E-state index in [0.29, 0.717) is 37.4 Å². The summed E-state index contributed by atoms with van der Waals surface area (Å²) in [6, 6.07) is 21.0. The summed E-state index contributed by atoms with van der Waals surface area (Å²) in [4.78, 5) is 16.5. The van der Waals surface area contributed by atoms with Gasteiger partial charge >= 0.3 is 16.6 Å². The maximum atomic E-state index is 13.1. The van der Waals surface area contributed by atoms with Crippen LogP contribution in [-0.2, 0) is 21.7 Å². The zero-order valence-electron chi connectivity index (χ0n) is 20.0. The lowest BCUT2D eigenvalue weighted by Crippen LogP contribution is -2.49. The number of nitrogens with zero attached hydrogens (tertiary/aromatic N) is 2. The van der Waals surface area contributed by atoms with Crippen LogP contribution in [-0.4, -0.2) is 52.2 Å².